The minimum atomic E-state index is -0.933. The van der Waals surface area contributed by atoms with Gasteiger partial charge in [0, 0.05) is 13.1 Å². The average Bonchev–Trinajstić information content (AvgIpc) is 2.67. The molecule has 1 aliphatic rings. The average molecular weight is 371 g/mol. The van der Waals surface area contributed by atoms with Gasteiger partial charge in [0.25, 0.3) is 5.91 Å². The highest BCUT2D eigenvalue weighted by Gasteiger charge is 2.39. The fourth-order valence-corrected chi connectivity index (χ4v) is 3.27. The monoisotopic (exact) mass is 371 g/mol. The summed E-state index contributed by atoms with van der Waals surface area (Å²) in [7, 11) is 0. The van der Waals surface area contributed by atoms with Crippen LogP contribution >= 0.6 is 0 Å². The van der Waals surface area contributed by atoms with Gasteiger partial charge < -0.3 is 14.7 Å². The molecule has 1 aliphatic heterocycles. The molecule has 6 heteroatoms. The standard InChI is InChI=1S/C21H22FNO4/c1-21(20(25)26)11-4-12-23(14-21)19(24)17-5-2-3-6-18(17)27-13-15-7-9-16(22)10-8-15/h2-3,5-10H,4,11-14H2,1H3,(H,25,26). The van der Waals surface area contributed by atoms with Crippen LogP contribution in [0.1, 0.15) is 35.7 Å². The molecule has 1 unspecified atom stereocenters. The summed E-state index contributed by atoms with van der Waals surface area (Å²) in [5.74, 6) is -1.02. The molecule has 0 spiro atoms. The van der Waals surface area contributed by atoms with Gasteiger partial charge >= 0.3 is 5.97 Å². The second-order valence-corrected chi connectivity index (χ2v) is 7.11. The van der Waals surface area contributed by atoms with Gasteiger partial charge in [0.1, 0.15) is 18.2 Å². The van der Waals surface area contributed by atoms with Crippen molar-refractivity contribution >= 4 is 11.9 Å². The third-order valence-electron chi connectivity index (χ3n) is 4.93. The van der Waals surface area contributed by atoms with Crippen LogP contribution in [-0.2, 0) is 11.4 Å². The predicted molar refractivity (Wildman–Crippen MR) is 98.1 cm³/mol. The van der Waals surface area contributed by atoms with Gasteiger partial charge in [0.15, 0.2) is 0 Å². The van der Waals surface area contributed by atoms with E-state index in [9.17, 15) is 19.1 Å². The van der Waals surface area contributed by atoms with E-state index in [1.165, 1.54) is 12.1 Å². The first-order chi connectivity index (χ1) is 12.9. The maximum Gasteiger partial charge on any atom is 0.311 e. The number of carboxylic acid groups (broad SMARTS) is 1. The van der Waals surface area contributed by atoms with E-state index in [2.05, 4.69) is 0 Å². The van der Waals surface area contributed by atoms with Gasteiger partial charge in [0.2, 0.25) is 0 Å². The van der Waals surface area contributed by atoms with Crippen LogP contribution < -0.4 is 4.74 Å². The first-order valence-electron chi connectivity index (χ1n) is 8.88. The van der Waals surface area contributed by atoms with Gasteiger partial charge in [-0.1, -0.05) is 24.3 Å². The highest BCUT2D eigenvalue weighted by Crippen LogP contribution is 2.31. The van der Waals surface area contributed by atoms with Gasteiger partial charge in [0.05, 0.1) is 11.0 Å². The number of carbonyl (C=O) groups excluding carboxylic acids is 1. The highest BCUT2D eigenvalue weighted by atomic mass is 19.1. The Morgan fingerprint density at radius 3 is 2.59 bits per heavy atom. The Bertz CT molecular complexity index is 836. The van der Waals surface area contributed by atoms with E-state index in [1.807, 2.05) is 0 Å². The fraction of sp³-hybridized carbons (Fsp3) is 0.333. The second-order valence-electron chi connectivity index (χ2n) is 7.11. The summed E-state index contributed by atoms with van der Waals surface area (Å²) in [6.07, 6.45) is 1.20. The summed E-state index contributed by atoms with van der Waals surface area (Å²) in [5, 5.41) is 9.46. The summed E-state index contributed by atoms with van der Waals surface area (Å²) in [4.78, 5) is 26.1. The van der Waals surface area contributed by atoms with Gasteiger partial charge in [-0.25, -0.2) is 4.39 Å². The third-order valence-corrected chi connectivity index (χ3v) is 4.93. The number of aliphatic carboxylic acids is 1. The number of amides is 1. The number of para-hydroxylation sites is 1. The Balaban J connectivity index is 1.75. The van der Waals surface area contributed by atoms with Crippen LogP contribution in [0.25, 0.3) is 0 Å². The molecule has 0 radical (unpaired) electrons. The Labute approximate surface area is 157 Å². The number of rotatable bonds is 5. The molecule has 142 valence electrons. The van der Waals surface area contributed by atoms with Gasteiger partial charge in [-0.05, 0) is 49.6 Å². The number of piperidine rings is 1. The molecule has 0 bridgehead atoms. The molecule has 1 atom stereocenters. The van der Waals surface area contributed by atoms with Crippen molar-refractivity contribution in [3.05, 3.63) is 65.5 Å². The molecule has 5 nitrogen and oxygen atoms in total. The molecule has 0 saturated carbocycles. The van der Waals surface area contributed by atoms with Crippen LogP contribution in [0.3, 0.4) is 0 Å². The fourth-order valence-electron chi connectivity index (χ4n) is 3.27. The van der Waals surface area contributed by atoms with E-state index < -0.39 is 11.4 Å². The van der Waals surface area contributed by atoms with Crippen LogP contribution in [0.5, 0.6) is 5.75 Å². The number of likely N-dealkylation sites (tertiary alicyclic amines) is 1. The van der Waals surface area contributed by atoms with E-state index in [0.717, 1.165) is 5.56 Å². The zero-order chi connectivity index (χ0) is 19.4. The summed E-state index contributed by atoms with van der Waals surface area (Å²) >= 11 is 0. The lowest BCUT2D eigenvalue weighted by Gasteiger charge is -2.37. The van der Waals surface area contributed by atoms with Crippen molar-refractivity contribution < 1.29 is 23.8 Å². The van der Waals surface area contributed by atoms with E-state index in [4.69, 9.17) is 4.74 Å². The molecular formula is C21H22FNO4. The second kappa shape index (κ2) is 7.78. The molecule has 1 fully saturated rings. The molecule has 1 amide bonds. The van der Waals surface area contributed by atoms with Crippen LogP contribution in [0, 0.1) is 11.2 Å². The SMILES string of the molecule is CC1(C(=O)O)CCCN(C(=O)c2ccccc2OCc2ccc(F)cc2)C1. The quantitative estimate of drug-likeness (QED) is 0.870. The number of hydrogen-bond acceptors (Lipinski definition) is 3. The number of carbonyl (C=O) groups is 2. The number of hydrogen-bond donors (Lipinski definition) is 1. The van der Waals surface area contributed by atoms with Crippen molar-refractivity contribution in [2.24, 2.45) is 5.41 Å². The van der Waals surface area contributed by atoms with E-state index in [0.29, 0.717) is 30.7 Å². The normalized spacial score (nSPS) is 19.6. The summed E-state index contributed by atoms with van der Waals surface area (Å²) in [5.41, 5.74) is 0.252. The lowest BCUT2D eigenvalue weighted by Crippen LogP contribution is -2.48. The molecule has 0 aliphatic carbocycles. The Morgan fingerprint density at radius 2 is 1.89 bits per heavy atom. The first kappa shape index (κ1) is 18.9. The number of halogens is 1. The molecule has 1 N–H and O–H groups in total. The number of nitrogens with zero attached hydrogens (tertiary/aromatic N) is 1. The van der Waals surface area contributed by atoms with Crippen molar-refractivity contribution in [2.45, 2.75) is 26.4 Å². The zero-order valence-electron chi connectivity index (χ0n) is 15.2. The van der Waals surface area contributed by atoms with Crippen molar-refractivity contribution in [1.29, 1.82) is 0 Å². The number of ether oxygens (including phenoxy) is 1. The highest BCUT2D eigenvalue weighted by molar-refractivity contribution is 5.97. The zero-order valence-corrected chi connectivity index (χ0v) is 15.2. The number of benzene rings is 2. The third kappa shape index (κ3) is 4.27. The van der Waals surface area contributed by atoms with Crippen molar-refractivity contribution in [1.82, 2.24) is 4.90 Å². The van der Waals surface area contributed by atoms with Crippen LogP contribution in [-0.4, -0.2) is 35.0 Å². The first-order valence-corrected chi connectivity index (χ1v) is 8.88. The molecular weight excluding hydrogens is 349 g/mol. The molecule has 2 aromatic rings. The minimum Gasteiger partial charge on any atom is -0.488 e. The lowest BCUT2D eigenvalue weighted by molar-refractivity contribution is -0.150. The van der Waals surface area contributed by atoms with Gasteiger partial charge in [-0.15, -0.1) is 0 Å². The predicted octanol–water partition coefficient (Wildman–Crippen LogP) is 3.73. The maximum absolute atomic E-state index is 13.0. The van der Waals surface area contributed by atoms with Gasteiger partial charge in [-0.3, -0.25) is 9.59 Å². The molecule has 1 heterocycles. The largest absolute Gasteiger partial charge is 0.488 e. The van der Waals surface area contributed by atoms with E-state index >= 15 is 0 Å². The Hall–Kier alpha value is -2.89. The maximum atomic E-state index is 13.0. The molecule has 0 aromatic heterocycles. The smallest absolute Gasteiger partial charge is 0.311 e. The molecule has 1 saturated heterocycles. The van der Waals surface area contributed by atoms with Crippen LogP contribution in [0.15, 0.2) is 48.5 Å². The van der Waals surface area contributed by atoms with Crippen molar-refractivity contribution in [2.75, 3.05) is 13.1 Å². The van der Waals surface area contributed by atoms with Crippen LogP contribution in [0.4, 0.5) is 4.39 Å². The topological polar surface area (TPSA) is 66.8 Å². The minimum absolute atomic E-state index is 0.174. The molecule has 27 heavy (non-hydrogen) atoms. The Morgan fingerprint density at radius 1 is 1.19 bits per heavy atom. The summed E-state index contributed by atoms with van der Waals surface area (Å²) in [6.45, 7) is 2.57. The summed E-state index contributed by atoms with van der Waals surface area (Å²) in [6, 6.07) is 12.9. The number of carboxylic acids is 1. The molecule has 3 rings (SSSR count). The van der Waals surface area contributed by atoms with Crippen LogP contribution in [0.2, 0.25) is 0 Å². The van der Waals surface area contributed by atoms with E-state index in [1.54, 1.807) is 48.2 Å². The van der Waals surface area contributed by atoms with Crippen molar-refractivity contribution in [3.63, 3.8) is 0 Å². The van der Waals surface area contributed by atoms with Gasteiger partial charge in [-0.2, -0.15) is 0 Å². The lowest BCUT2D eigenvalue weighted by atomic mass is 9.82. The molecule has 2 aromatic carbocycles. The summed E-state index contributed by atoms with van der Waals surface area (Å²) < 4.78 is 18.8. The Kier molecular flexibility index (Phi) is 5.44. The van der Waals surface area contributed by atoms with E-state index in [-0.39, 0.29) is 24.9 Å². The van der Waals surface area contributed by atoms with Crippen molar-refractivity contribution in [3.8, 4) is 5.75 Å².